The highest BCUT2D eigenvalue weighted by molar-refractivity contribution is 5.85. The second-order valence-electron chi connectivity index (χ2n) is 7.79. The van der Waals surface area contributed by atoms with E-state index in [0.29, 0.717) is 40.6 Å². The van der Waals surface area contributed by atoms with E-state index in [-0.39, 0.29) is 11.5 Å². The molecule has 0 aliphatic carbocycles. The molecule has 0 saturated heterocycles. The molecule has 0 aliphatic heterocycles. The number of nitrogens with one attached hydrogen (secondary N) is 1. The smallest absolute Gasteiger partial charge is 0.339 e. The fourth-order valence-electron chi connectivity index (χ4n) is 3.97. The van der Waals surface area contributed by atoms with E-state index >= 15 is 0 Å². The molecule has 0 unspecified atom stereocenters. The molecule has 0 radical (unpaired) electrons. The van der Waals surface area contributed by atoms with Gasteiger partial charge in [-0.25, -0.2) is 19.3 Å². The Morgan fingerprint density at radius 3 is 2.49 bits per heavy atom. The van der Waals surface area contributed by atoms with Gasteiger partial charge in [-0.2, -0.15) is 0 Å². The van der Waals surface area contributed by atoms with Crippen LogP contribution < -0.4 is 26.2 Å². The lowest BCUT2D eigenvalue weighted by Gasteiger charge is -2.13. The summed E-state index contributed by atoms with van der Waals surface area (Å²) in [6.45, 7) is 0.387. The topological polar surface area (TPSA) is 109 Å². The Labute approximate surface area is 201 Å². The predicted molar refractivity (Wildman–Crippen MR) is 136 cm³/mol. The van der Waals surface area contributed by atoms with Crippen molar-refractivity contribution in [2.75, 3.05) is 25.2 Å². The normalized spacial score (nSPS) is 10.9. The molecule has 5 aromatic rings. The summed E-state index contributed by atoms with van der Waals surface area (Å²) in [4.78, 5) is 22.2. The third-order valence-corrected chi connectivity index (χ3v) is 5.68. The second-order valence-corrected chi connectivity index (χ2v) is 7.79. The summed E-state index contributed by atoms with van der Waals surface area (Å²) >= 11 is 0. The SMILES string of the molecule is CNc1cccc(-n2c(=O)n(-c3ccc(OCc4ccccc4)c(OC)c3)c3c(N)ncnc32)c1. The van der Waals surface area contributed by atoms with Gasteiger partial charge >= 0.3 is 5.69 Å². The van der Waals surface area contributed by atoms with E-state index in [2.05, 4.69) is 15.3 Å². The van der Waals surface area contributed by atoms with Gasteiger partial charge in [-0.1, -0.05) is 36.4 Å². The molecule has 5 rings (SSSR count). The highest BCUT2D eigenvalue weighted by Crippen LogP contribution is 2.32. The van der Waals surface area contributed by atoms with Crippen LogP contribution in [-0.2, 0) is 6.61 Å². The van der Waals surface area contributed by atoms with Gasteiger partial charge in [0, 0.05) is 18.8 Å². The number of rotatable bonds is 7. The van der Waals surface area contributed by atoms with Crippen LogP contribution in [-0.4, -0.2) is 33.3 Å². The summed E-state index contributed by atoms with van der Waals surface area (Å²) in [7, 11) is 3.38. The number of imidazole rings is 1. The van der Waals surface area contributed by atoms with Gasteiger partial charge in [0.1, 0.15) is 18.5 Å². The van der Waals surface area contributed by atoms with Crippen LogP contribution in [0.3, 0.4) is 0 Å². The number of methoxy groups -OCH3 is 1. The lowest BCUT2D eigenvalue weighted by atomic mass is 10.2. The van der Waals surface area contributed by atoms with Crippen LogP contribution in [0.15, 0.2) is 83.9 Å². The Bertz CT molecular complexity index is 1560. The molecular formula is C26H24N6O3. The van der Waals surface area contributed by atoms with Crippen molar-refractivity contribution in [2.24, 2.45) is 0 Å². The van der Waals surface area contributed by atoms with E-state index in [0.717, 1.165) is 11.3 Å². The first-order valence-electron chi connectivity index (χ1n) is 11.0. The largest absolute Gasteiger partial charge is 0.493 e. The first kappa shape index (κ1) is 22.0. The van der Waals surface area contributed by atoms with E-state index < -0.39 is 0 Å². The zero-order valence-electron chi connectivity index (χ0n) is 19.3. The summed E-state index contributed by atoms with van der Waals surface area (Å²) in [5, 5.41) is 3.09. The maximum absolute atomic E-state index is 13.7. The molecule has 3 aromatic carbocycles. The summed E-state index contributed by atoms with van der Waals surface area (Å²) in [6.07, 6.45) is 1.35. The minimum Gasteiger partial charge on any atom is -0.493 e. The molecule has 0 aliphatic rings. The first-order chi connectivity index (χ1) is 17.1. The minimum absolute atomic E-state index is 0.194. The van der Waals surface area contributed by atoms with E-state index in [9.17, 15) is 4.79 Å². The fraction of sp³-hybridized carbons (Fsp3) is 0.115. The van der Waals surface area contributed by atoms with Gasteiger partial charge in [0.05, 0.1) is 18.5 Å². The Kier molecular flexibility index (Phi) is 5.80. The van der Waals surface area contributed by atoms with Crippen LogP contribution in [0.4, 0.5) is 11.5 Å². The van der Waals surface area contributed by atoms with Crippen molar-refractivity contribution in [3.8, 4) is 22.9 Å². The van der Waals surface area contributed by atoms with Gasteiger partial charge < -0.3 is 20.5 Å². The Morgan fingerprint density at radius 2 is 1.71 bits per heavy atom. The van der Waals surface area contributed by atoms with Gasteiger partial charge in [-0.3, -0.25) is 4.57 Å². The van der Waals surface area contributed by atoms with Gasteiger partial charge in [0.25, 0.3) is 0 Å². The monoisotopic (exact) mass is 468 g/mol. The molecule has 9 nitrogen and oxygen atoms in total. The third kappa shape index (κ3) is 4.04. The molecule has 35 heavy (non-hydrogen) atoms. The van der Waals surface area contributed by atoms with Gasteiger partial charge in [0.2, 0.25) is 0 Å². The van der Waals surface area contributed by atoms with Crippen LogP contribution >= 0.6 is 0 Å². The molecule has 176 valence electrons. The maximum atomic E-state index is 13.7. The van der Waals surface area contributed by atoms with Crippen LogP contribution in [0, 0.1) is 0 Å². The molecule has 0 saturated carbocycles. The summed E-state index contributed by atoms with van der Waals surface area (Å²) < 4.78 is 14.6. The van der Waals surface area contributed by atoms with Crippen molar-refractivity contribution in [1.29, 1.82) is 0 Å². The van der Waals surface area contributed by atoms with Gasteiger partial charge in [-0.05, 0) is 35.9 Å². The number of anilines is 2. The van der Waals surface area contributed by atoms with Crippen LogP contribution in [0.1, 0.15) is 5.56 Å². The number of nitrogen functional groups attached to an aromatic ring is 1. The molecular weight excluding hydrogens is 444 g/mol. The van der Waals surface area contributed by atoms with Crippen LogP contribution in [0.5, 0.6) is 11.5 Å². The lowest BCUT2D eigenvalue weighted by molar-refractivity contribution is 0.284. The molecule has 0 amide bonds. The average molecular weight is 469 g/mol. The third-order valence-electron chi connectivity index (χ3n) is 5.68. The summed E-state index contributed by atoms with van der Waals surface area (Å²) in [6, 6.07) is 22.6. The quantitative estimate of drug-likeness (QED) is 0.374. The molecule has 2 heterocycles. The Morgan fingerprint density at radius 1 is 0.914 bits per heavy atom. The van der Waals surface area contributed by atoms with E-state index in [4.69, 9.17) is 15.2 Å². The summed E-state index contributed by atoms with van der Waals surface area (Å²) in [5.41, 5.74) is 9.80. The molecule has 0 bridgehead atoms. The summed E-state index contributed by atoms with van der Waals surface area (Å²) in [5.74, 6) is 1.24. The fourth-order valence-corrected chi connectivity index (χ4v) is 3.97. The number of nitrogens with two attached hydrogens (primary N) is 1. The molecule has 0 spiro atoms. The number of fused-ring (bicyclic) bond motifs is 1. The van der Waals surface area contributed by atoms with Crippen molar-refractivity contribution >= 4 is 22.7 Å². The average Bonchev–Trinajstić information content (AvgIpc) is 3.21. The maximum Gasteiger partial charge on any atom is 0.339 e. The van der Waals surface area contributed by atoms with E-state index in [1.54, 1.807) is 25.3 Å². The van der Waals surface area contributed by atoms with E-state index in [1.807, 2.05) is 61.6 Å². The zero-order chi connectivity index (χ0) is 24.4. The highest BCUT2D eigenvalue weighted by Gasteiger charge is 2.21. The Balaban J connectivity index is 1.63. The number of benzene rings is 3. The Hall–Kier alpha value is -4.79. The standard InChI is InChI=1S/C26H24N6O3/c1-28-18-9-6-10-19(13-18)32-25-23(24(27)29-16-30-25)31(26(32)33)20-11-12-21(22(14-20)34-2)35-15-17-7-4-3-5-8-17/h3-14,16,28H,15H2,1-2H3,(H2,27,29,30). The molecule has 9 heteroatoms. The number of aromatic nitrogens is 4. The minimum atomic E-state index is -0.333. The highest BCUT2D eigenvalue weighted by atomic mass is 16.5. The zero-order valence-corrected chi connectivity index (χ0v) is 19.3. The van der Waals surface area contributed by atoms with Gasteiger partial charge in [0.15, 0.2) is 23.0 Å². The number of nitrogens with zero attached hydrogens (tertiary/aromatic N) is 4. The van der Waals surface area contributed by atoms with Crippen molar-refractivity contribution in [3.63, 3.8) is 0 Å². The van der Waals surface area contributed by atoms with Crippen LogP contribution in [0.25, 0.3) is 22.5 Å². The number of ether oxygens (including phenoxy) is 2. The number of hydrogen-bond acceptors (Lipinski definition) is 7. The van der Waals surface area contributed by atoms with E-state index in [1.165, 1.54) is 15.5 Å². The molecule has 2 aromatic heterocycles. The van der Waals surface area contributed by atoms with Crippen molar-refractivity contribution in [3.05, 3.63) is 95.2 Å². The molecule has 0 fully saturated rings. The molecule has 3 N–H and O–H groups in total. The van der Waals surface area contributed by atoms with Crippen molar-refractivity contribution in [2.45, 2.75) is 6.61 Å². The predicted octanol–water partition coefficient (Wildman–Crippen LogP) is 3.78. The number of hydrogen-bond donors (Lipinski definition) is 2. The lowest BCUT2D eigenvalue weighted by Crippen LogP contribution is -2.22. The molecule has 0 atom stereocenters. The first-order valence-corrected chi connectivity index (χ1v) is 11.0. The van der Waals surface area contributed by atoms with Gasteiger partial charge in [-0.15, -0.1) is 0 Å². The van der Waals surface area contributed by atoms with Crippen LogP contribution in [0.2, 0.25) is 0 Å². The van der Waals surface area contributed by atoms with Crippen molar-refractivity contribution in [1.82, 2.24) is 19.1 Å². The van der Waals surface area contributed by atoms with Crippen molar-refractivity contribution < 1.29 is 9.47 Å². The second kappa shape index (κ2) is 9.22.